The second-order valence-corrected chi connectivity index (χ2v) is 36.0. The van der Waals surface area contributed by atoms with Gasteiger partial charge in [0.1, 0.15) is 0 Å². The van der Waals surface area contributed by atoms with Crippen LogP contribution < -0.4 is 0 Å². The minimum absolute atomic E-state index is 0.357. The van der Waals surface area contributed by atoms with Crippen LogP contribution in [0, 0.1) is 0 Å². The Bertz CT molecular complexity index is 416. The van der Waals surface area contributed by atoms with Crippen molar-refractivity contribution in [1.29, 1.82) is 0 Å². The first kappa shape index (κ1) is 22.2. The molecule has 0 aromatic carbocycles. The summed E-state index contributed by atoms with van der Waals surface area (Å²) in [4.78, 5) is 0. The molecule has 0 amide bonds. The number of alkyl halides is 6. The average Bonchev–Trinajstić information content (AvgIpc) is 2.29. The van der Waals surface area contributed by atoms with Crippen LogP contribution in [0.15, 0.2) is 0 Å². The Labute approximate surface area is 142 Å². The van der Waals surface area contributed by atoms with Gasteiger partial charge >= 0.3 is 12.4 Å². The van der Waals surface area contributed by atoms with Crippen molar-refractivity contribution in [3.8, 4) is 0 Å². The van der Waals surface area contributed by atoms with E-state index in [4.69, 9.17) is 4.43 Å². The molecule has 1 aliphatic heterocycles. The van der Waals surface area contributed by atoms with Crippen molar-refractivity contribution < 1.29 is 30.8 Å². The van der Waals surface area contributed by atoms with E-state index >= 15 is 0 Å². The van der Waals surface area contributed by atoms with Gasteiger partial charge in [-0.15, -0.1) is 0 Å². The monoisotopic (exact) mass is 410 g/mol. The van der Waals surface area contributed by atoms with Crippen LogP contribution in [0.25, 0.3) is 0 Å². The highest BCUT2D eigenvalue weighted by Crippen LogP contribution is 2.49. The van der Waals surface area contributed by atoms with Crippen molar-refractivity contribution in [1.82, 2.24) is 0 Å². The smallest absolute Gasteiger partial charge is 0.389 e. The van der Waals surface area contributed by atoms with Gasteiger partial charge in [0, 0.05) is 20.4 Å². The van der Waals surface area contributed by atoms with Gasteiger partial charge in [-0.05, 0) is 32.0 Å². The molecule has 1 saturated heterocycles. The minimum Gasteiger partial charge on any atom is -0.415 e. The van der Waals surface area contributed by atoms with Crippen molar-refractivity contribution in [2.45, 2.75) is 89.0 Å². The summed E-state index contributed by atoms with van der Waals surface area (Å²) in [7, 11) is -6.05. The van der Waals surface area contributed by atoms with Gasteiger partial charge in [0.05, 0.1) is 12.7 Å². The molecular weight excluding hydrogens is 382 g/mol. The molecule has 1 rings (SSSR count). The fraction of sp³-hybridized carbons (Fsp3) is 1.00. The summed E-state index contributed by atoms with van der Waals surface area (Å²) in [5.41, 5.74) is -1.26. The van der Waals surface area contributed by atoms with Gasteiger partial charge in [-0.3, -0.25) is 0 Å². The average molecular weight is 411 g/mol. The lowest BCUT2D eigenvalue weighted by Crippen LogP contribution is -2.78. The van der Waals surface area contributed by atoms with Crippen LogP contribution in [0.3, 0.4) is 0 Å². The molecule has 1 nitrogen and oxygen atoms in total. The molecule has 0 saturated carbocycles. The molecular formula is C14H28F6OSi3. The molecule has 0 atom stereocenters. The van der Waals surface area contributed by atoms with E-state index in [0.717, 1.165) is 0 Å². The van der Waals surface area contributed by atoms with Crippen LogP contribution in [0.4, 0.5) is 26.3 Å². The third kappa shape index (κ3) is 5.10. The van der Waals surface area contributed by atoms with E-state index < -0.39 is 53.3 Å². The third-order valence-electron chi connectivity index (χ3n) is 6.16. The molecule has 1 heterocycles. The lowest BCUT2D eigenvalue weighted by molar-refractivity contribution is -0.156. The Morgan fingerprint density at radius 1 is 0.792 bits per heavy atom. The zero-order valence-corrected chi connectivity index (χ0v) is 18.2. The van der Waals surface area contributed by atoms with Crippen LogP contribution in [0.1, 0.15) is 25.7 Å². The molecule has 10 heteroatoms. The zero-order valence-electron chi connectivity index (χ0n) is 15.2. The normalized spacial score (nSPS) is 25.5. The predicted octanol–water partition coefficient (Wildman–Crippen LogP) is 6.22. The Balaban J connectivity index is 3.18. The second-order valence-electron chi connectivity index (χ2n) is 8.71. The SMILES string of the molecule is C[Si]1(C)CC(CCC(F)(F)F)(CCC(F)(F)F)O[Si](C)(C)[Si]1(C)C. The van der Waals surface area contributed by atoms with Crippen molar-refractivity contribution in [2.75, 3.05) is 0 Å². The van der Waals surface area contributed by atoms with Gasteiger partial charge in [-0.1, -0.05) is 26.2 Å². The van der Waals surface area contributed by atoms with Gasteiger partial charge in [0.15, 0.2) is 7.83 Å². The van der Waals surface area contributed by atoms with Crippen LogP contribution in [0.5, 0.6) is 0 Å². The maximum atomic E-state index is 12.7. The van der Waals surface area contributed by atoms with Crippen molar-refractivity contribution in [2.24, 2.45) is 0 Å². The summed E-state index contributed by atoms with van der Waals surface area (Å²) >= 11 is 0. The Hall–Kier alpha value is 0.191. The summed E-state index contributed by atoms with van der Waals surface area (Å²) < 4.78 is 82.7. The maximum absolute atomic E-state index is 12.7. The lowest BCUT2D eigenvalue weighted by Gasteiger charge is -2.59. The van der Waals surface area contributed by atoms with Crippen molar-refractivity contribution in [3.05, 3.63) is 0 Å². The summed E-state index contributed by atoms with van der Waals surface area (Å²) in [5, 5.41) is 0. The van der Waals surface area contributed by atoms with Gasteiger partial charge < -0.3 is 4.43 Å². The summed E-state index contributed by atoms with van der Waals surface area (Å²) in [6, 6.07) is 0.405. The predicted molar refractivity (Wildman–Crippen MR) is 91.6 cm³/mol. The van der Waals surface area contributed by atoms with Gasteiger partial charge in [0.2, 0.25) is 0 Å². The van der Waals surface area contributed by atoms with E-state index in [1.165, 1.54) is 0 Å². The number of hydrogen-bond donors (Lipinski definition) is 0. The first-order valence-corrected chi connectivity index (χ1v) is 19.3. The molecule has 0 N–H and O–H groups in total. The van der Waals surface area contributed by atoms with E-state index in [-0.39, 0.29) is 12.8 Å². The molecule has 24 heavy (non-hydrogen) atoms. The van der Waals surface area contributed by atoms with E-state index in [9.17, 15) is 26.3 Å². The highest BCUT2D eigenvalue weighted by atomic mass is 29.6. The highest BCUT2D eigenvalue weighted by Gasteiger charge is 2.62. The van der Waals surface area contributed by atoms with Gasteiger partial charge in [-0.25, -0.2) is 0 Å². The maximum Gasteiger partial charge on any atom is 0.389 e. The Morgan fingerprint density at radius 2 is 1.17 bits per heavy atom. The van der Waals surface area contributed by atoms with E-state index in [1.807, 2.05) is 13.1 Å². The zero-order chi connectivity index (χ0) is 19.2. The van der Waals surface area contributed by atoms with Crippen molar-refractivity contribution in [3.63, 3.8) is 0 Å². The van der Waals surface area contributed by atoms with Gasteiger partial charge in [0.25, 0.3) is 0 Å². The molecule has 0 bridgehead atoms. The molecule has 0 aliphatic carbocycles. The quantitative estimate of drug-likeness (QED) is 0.395. The second kappa shape index (κ2) is 6.42. The van der Waals surface area contributed by atoms with Crippen LogP contribution in [-0.4, -0.2) is 40.5 Å². The van der Waals surface area contributed by atoms with Crippen LogP contribution in [-0.2, 0) is 4.43 Å². The molecule has 1 aliphatic rings. The lowest BCUT2D eigenvalue weighted by atomic mass is 9.93. The summed E-state index contributed by atoms with van der Waals surface area (Å²) in [5.74, 6) is 0. The van der Waals surface area contributed by atoms with E-state index in [1.54, 1.807) is 0 Å². The molecule has 1 fully saturated rings. The fourth-order valence-corrected chi connectivity index (χ4v) is 34.1. The summed E-state index contributed by atoms with van der Waals surface area (Å²) in [6.07, 6.45) is -11.6. The summed E-state index contributed by atoms with van der Waals surface area (Å²) in [6.45, 7) is 12.7. The van der Waals surface area contributed by atoms with Crippen molar-refractivity contribution >= 4 is 22.5 Å². The number of hydrogen-bond acceptors (Lipinski definition) is 1. The molecule has 0 aromatic heterocycles. The number of rotatable bonds is 4. The molecule has 0 aromatic rings. The van der Waals surface area contributed by atoms with E-state index in [0.29, 0.717) is 6.04 Å². The van der Waals surface area contributed by atoms with Crippen LogP contribution >= 0.6 is 0 Å². The fourth-order valence-electron chi connectivity index (χ4n) is 3.69. The molecule has 0 radical (unpaired) electrons. The highest BCUT2D eigenvalue weighted by molar-refractivity contribution is 7.67. The third-order valence-corrected chi connectivity index (χ3v) is 46.6. The standard InChI is InChI=1S/C14H28F6OSi3/c1-22(2)11-12(7-9-13(15,16)17,8-10-14(18,19)20)21-23(3,4)24(22,5)6/h7-11H2,1-6H3. The van der Waals surface area contributed by atoms with Crippen LogP contribution in [0.2, 0.25) is 45.3 Å². The Kier molecular flexibility index (Phi) is 5.94. The number of halogens is 6. The minimum atomic E-state index is -4.38. The molecule has 0 unspecified atom stereocenters. The molecule has 144 valence electrons. The van der Waals surface area contributed by atoms with Gasteiger partial charge in [-0.2, -0.15) is 26.3 Å². The first-order chi connectivity index (χ1) is 10.3. The first-order valence-electron chi connectivity index (χ1n) is 8.16. The topological polar surface area (TPSA) is 9.23 Å². The van der Waals surface area contributed by atoms with E-state index in [2.05, 4.69) is 26.2 Å². The molecule has 0 spiro atoms. The largest absolute Gasteiger partial charge is 0.415 e. The Morgan fingerprint density at radius 3 is 1.46 bits per heavy atom.